The molecule has 1 amide bonds. The molecular formula is C16H15F3N2O2. The zero-order valence-electron chi connectivity index (χ0n) is 12.5. The molecule has 0 aliphatic carbocycles. The summed E-state index contributed by atoms with van der Waals surface area (Å²) in [5.74, 6) is -1.90. The topological polar surface area (TPSA) is 53.2 Å². The Morgan fingerprint density at radius 1 is 1.35 bits per heavy atom. The van der Waals surface area contributed by atoms with Gasteiger partial charge in [0, 0.05) is 35.1 Å². The second kappa shape index (κ2) is 5.40. The zero-order chi connectivity index (χ0) is 16.8. The van der Waals surface area contributed by atoms with E-state index in [-0.39, 0.29) is 30.5 Å². The van der Waals surface area contributed by atoms with Gasteiger partial charge in [0.1, 0.15) is 0 Å². The van der Waals surface area contributed by atoms with E-state index < -0.39 is 12.1 Å². The highest BCUT2D eigenvalue weighted by Gasteiger charge is 2.43. The molecule has 0 bridgehead atoms. The first-order valence-corrected chi connectivity index (χ1v) is 7.34. The summed E-state index contributed by atoms with van der Waals surface area (Å²) >= 11 is 0. The number of fused-ring (bicyclic) bond motifs is 2. The van der Waals surface area contributed by atoms with Crippen LogP contribution in [0.4, 0.5) is 13.2 Å². The number of carbonyl (C=O) groups excluding carboxylic acids is 1. The van der Waals surface area contributed by atoms with Gasteiger partial charge in [0.2, 0.25) is 0 Å². The fourth-order valence-electron chi connectivity index (χ4n) is 2.90. The van der Waals surface area contributed by atoms with E-state index in [1.54, 1.807) is 6.07 Å². The molecule has 1 aromatic carbocycles. The van der Waals surface area contributed by atoms with Crippen LogP contribution in [0.3, 0.4) is 0 Å². The summed E-state index contributed by atoms with van der Waals surface area (Å²) in [6, 6.07) is 5.47. The van der Waals surface area contributed by atoms with Crippen LogP contribution in [-0.4, -0.2) is 28.5 Å². The van der Waals surface area contributed by atoms with Crippen LogP contribution in [-0.2, 0) is 24.2 Å². The molecule has 0 saturated heterocycles. The highest BCUT2D eigenvalue weighted by Crippen LogP contribution is 2.24. The Bertz CT molecular complexity index is 840. The fourth-order valence-corrected chi connectivity index (χ4v) is 2.90. The molecule has 0 unspecified atom stereocenters. The van der Waals surface area contributed by atoms with Gasteiger partial charge in [-0.05, 0) is 24.1 Å². The third-order valence-electron chi connectivity index (χ3n) is 4.17. The molecule has 2 heterocycles. The number of hydrogen-bond donors (Lipinski definition) is 1. The third-order valence-corrected chi connectivity index (χ3v) is 4.17. The first-order valence-electron chi connectivity index (χ1n) is 7.34. The van der Waals surface area contributed by atoms with Crippen LogP contribution in [0.15, 0.2) is 23.0 Å². The molecular weight excluding hydrogens is 309 g/mol. The van der Waals surface area contributed by atoms with E-state index in [1.165, 1.54) is 0 Å². The van der Waals surface area contributed by atoms with Gasteiger partial charge in [0.15, 0.2) is 5.43 Å². The van der Waals surface area contributed by atoms with Crippen LogP contribution in [0.25, 0.3) is 10.9 Å². The van der Waals surface area contributed by atoms with Gasteiger partial charge in [-0.1, -0.05) is 13.0 Å². The van der Waals surface area contributed by atoms with Crippen molar-refractivity contribution < 1.29 is 18.0 Å². The van der Waals surface area contributed by atoms with Crippen molar-refractivity contribution in [2.24, 2.45) is 0 Å². The van der Waals surface area contributed by atoms with Crippen LogP contribution in [0.1, 0.15) is 23.7 Å². The van der Waals surface area contributed by atoms with Crippen LogP contribution >= 0.6 is 0 Å². The number of aromatic amines is 1. The van der Waals surface area contributed by atoms with Crippen molar-refractivity contribution in [2.75, 3.05) is 6.54 Å². The van der Waals surface area contributed by atoms with Crippen LogP contribution in [0.5, 0.6) is 0 Å². The number of nitrogens with one attached hydrogen (secondary N) is 1. The summed E-state index contributed by atoms with van der Waals surface area (Å²) in [5, 5.41) is 0.449. The smallest absolute Gasteiger partial charge is 0.358 e. The van der Waals surface area contributed by atoms with Gasteiger partial charge in [0.25, 0.3) is 0 Å². The maximum Gasteiger partial charge on any atom is 0.471 e. The van der Waals surface area contributed by atoms with Gasteiger partial charge in [-0.15, -0.1) is 0 Å². The number of carbonyl (C=O) groups is 1. The predicted molar refractivity (Wildman–Crippen MR) is 79.1 cm³/mol. The summed E-state index contributed by atoms with van der Waals surface area (Å²) in [7, 11) is 0. The molecule has 0 spiro atoms. The van der Waals surface area contributed by atoms with Gasteiger partial charge in [-0.2, -0.15) is 13.2 Å². The summed E-state index contributed by atoms with van der Waals surface area (Å²) in [5.41, 5.74) is 2.19. The quantitative estimate of drug-likeness (QED) is 0.876. The number of halogens is 3. The molecule has 4 nitrogen and oxygen atoms in total. The van der Waals surface area contributed by atoms with E-state index in [9.17, 15) is 22.8 Å². The minimum Gasteiger partial charge on any atom is -0.358 e. The molecule has 1 N–H and O–H groups in total. The minimum atomic E-state index is -4.92. The van der Waals surface area contributed by atoms with E-state index in [0.29, 0.717) is 21.5 Å². The summed E-state index contributed by atoms with van der Waals surface area (Å²) in [4.78, 5) is 27.8. The molecule has 2 aromatic rings. The lowest BCUT2D eigenvalue weighted by molar-refractivity contribution is -0.186. The van der Waals surface area contributed by atoms with Gasteiger partial charge >= 0.3 is 12.1 Å². The lowest BCUT2D eigenvalue weighted by Crippen LogP contribution is -2.45. The fraction of sp³-hybridized carbons (Fsp3) is 0.375. The molecule has 1 aromatic heterocycles. The Morgan fingerprint density at radius 3 is 2.74 bits per heavy atom. The Morgan fingerprint density at radius 2 is 2.09 bits per heavy atom. The number of pyridine rings is 1. The molecule has 0 saturated carbocycles. The largest absolute Gasteiger partial charge is 0.471 e. The Hall–Kier alpha value is -2.31. The van der Waals surface area contributed by atoms with E-state index in [0.717, 1.165) is 12.0 Å². The van der Waals surface area contributed by atoms with Crippen molar-refractivity contribution in [3.63, 3.8) is 0 Å². The summed E-state index contributed by atoms with van der Waals surface area (Å²) in [6.07, 6.45) is -3.96. The molecule has 0 atom stereocenters. The number of benzene rings is 1. The molecule has 7 heteroatoms. The molecule has 1 aliphatic rings. The number of amides is 1. The van der Waals surface area contributed by atoms with Gasteiger partial charge < -0.3 is 9.88 Å². The van der Waals surface area contributed by atoms with Crippen LogP contribution < -0.4 is 5.43 Å². The predicted octanol–water partition coefficient (Wildman–Crippen LogP) is 2.54. The molecule has 23 heavy (non-hydrogen) atoms. The number of aromatic nitrogens is 1. The number of nitrogens with zero attached hydrogens (tertiary/aromatic N) is 1. The molecule has 0 fully saturated rings. The molecule has 1 aliphatic heterocycles. The Labute approximate surface area is 129 Å². The Kier molecular flexibility index (Phi) is 3.66. The van der Waals surface area contributed by atoms with E-state index in [4.69, 9.17) is 0 Å². The summed E-state index contributed by atoms with van der Waals surface area (Å²) < 4.78 is 37.8. The lowest BCUT2D eigenvalue weighted by Gasteiger charge is -2.29. The van der Waals surface area contributed by atoms with Crippen LogP contribution in [0, 0.1) is 0 Å². The number of hydrogen-bond acceptors (Lipinski definition) is 2. The summed E-state index contributed by atoms with van der Waals surface area (Å²) in [6.45, 7) is 1.59. The van der Waals surface area contributed by atoms with Crippen molar-refractivity contribution in [2.45, 2.75) is 32.5 Å². The third kappa shape index (κ3) is 2.71. The van der Waals surface area contributed by atoms with Crippen molar-refractivity contribution in [1.29, 1.82) is 0 Å². The highest BCUT2D eigenvalue weighted by molar-refractivity contribution is 5.83. The van der Waals surface area contributed by atoms with Crippen molar-refractivity contribution in [3.05, 3.63) is 45.2 Å². The van der Waals surface area contributed by atoms with Crippen molar-refractivity contribution >= 4 is 16.8 Å². The Balaban J connectivity index is 2.07. The van der Waals surface area contributed by atoms with E-state index >= 15 is 0 Å². The molecule has 122 valence electrons. The molecule has 3 rings (SSSR count). The average molecular weight is 324 g/mol. The first kappa shape index (κ1) is 15.6. The lowest BCUT2D eigenvalue weighted by atomic mass is 10.0. The minimum absolute atomic E-state index is 0.0557. The molecule has 0 radical (unpaired) electrons. The maximum absolute atomic E-state index is 12.6. The SMILES string of the molecule is CCc1ccc2[nH]c3c(c(=O)c2c1)CN(C(=O)C(F)(F)F)CC3. The number of alkyl halides is 3. The van der Waals surface area contributed by atoms with Gasteiger partial charge in [0.05, 0.1) is 6.54 Å². The maximum atomic E-state index is 12.6. The van der Waals surface area contributed by atoms with Crippen molar-refractivity contribution in [1.82, 2.24) is 9.88 Å². The van der Waals surface area contributed by atoms with E-state index in [2.05, 4.69) is 4.98 Å². The van der Waals surface area contributed by atoms with Gasteiger partial charge in [-0.3, -0.25) is 9.59 Å². The number of H-pyrrole nitrogens is 1. The standard InChI is InChI=1S/C16H15F3N2O2/c1-2-9-3-4-12-10(7-9)14(22)11-8-21(6-5-13(11)20-12)15(23)16(17,18)19/h3-4,7H,2,5-6,8H2,1H3,(H,20,22). The highest BCUT2D eigenvalue weighted by atomic mass is 19.4. The number of rotatable bonds is 1. The first-order chi connectivity index (χ1) is 10.8. The van der Waals surface area contributed by atoms with Crippen molar-refractivity contribution in [3.8, 4) is 0 Å². The average Bonchev–Trinajstić information content (AvgIpc) is 2.53. The zero-order valence-corrected chi connectivity index (χ0v) is 12.5. The van der Waals surface area contributed by atoms with E-state index in [1.807, 2.05) is 19.1 Å². The monoisotopic (exact) mass is 324 g/mol. The van der Waals surface area contributed by atoms with Gasteiger partial charge in [-0.25, -0.2) is 0 Å². The normalized spacial score (nSPS) is 14.9. The second-order valence-electron chi connectivity index (χ2n) is 5.62. The number of aryl methyl sites for hydroxylation is 1. The van der Waals surface area contributed by atoms with Crippen LogP contribution in [0.2, 0.25) is 0 Å². The second-order valence-corrected chi connectivity index (χ2v) is 5.62.